The Kier molecular flexibility index (Phi) is 6.71. The van der Waals surface area contributed by atoms with Crippen LogP contribution in [0.2, 0.25) is 0 Å². The van der Waals surface area contributed by atoms with E-state index in [-0.39, 0.29) is 17.2 Å². The third kappa shape index (κ3) is 4.89. The van der Waals surface area contributed by atoms with Crippen LogP contribution in [0.5, 0.6) is 11.5 Å². The molecule has 0 aliphatic rings. The van der Waals surface area contributed by atoms with E-state index in [9.17, 15) is 9.59 Å². The summed E-state index contributed by atoms with van der Waals surface area (Å²) in [4.78, 5) is 30.7. The van der Waals surface area contributed by atoms with Crippen LogP contribution in [0.25, 0.3) is 15.9 Å². The Morgan fingerprint density at radius 2 is 1.85 bits per heavy atom. The molecule has 0 fully saturated rings. The number of hydrogen-bond acceptors (Lipinski definition) is 7. The maximum absolute atomic E-state index is 13.3. The van der Waals surface area contributed by atoms with Crippen LogP contribution in [0.15, 0.2) is 57.8 Å². The summed E-state index contributed by atoms with van der Waals surface area (Å²) in [5, 5.41) is 5.17. The maximum atomic E-state index is 13.3. The molecule has 2 aromatic carbocycles. The molecule has 0 saturated heterocycles. The predicted molar refractivity (Wildman–Crippen MR) is 134 cm³/mol. The number of ether oxygens (including phenoxy) is 2. The number of nitrogens with one attached hydrogen (secondary N) is 1. The van der Waals surface area contributed by atoms with Gasteiger partial charge in [0.1, 0.15) is 16.2 Å². The average molecular weight is 482 g/mol. The van der Waals surface area contributed by atoms with Crippen molar-refractivity contribution >= 4 is 44.9 Å². The molecule has 7 nitrogen and oxygen atoms in total. The lowest BCUT2D eigenvalue weighted by molar-refractivity contribution is -0.113. The van der Waals surface area contributed by atoms with Crippen molar-refractivity contribution in [3.8, 4) is 17.2 Å². The minimum Gasteiger partial charge on any atom is -0.497 e. The van der Waals surface area contributed by atoms with Gasteiger partial charge in [0.25, 0.3) is 5.56 Å². The van der Waals surface area contributed by atoms with Crippen molar-refractivity contribution in [1.82, 2.24) is 9.55 Å². The van der Waals surface area contributed by atoms with Gasteiger partial charge < -0.3 is 14.8 Å². The Balaban J connectivity index is 1.64. The summed E-state index contributed by atoms with van der Waals surface area (Å²) in [6, 6.07) is 12.9. The second-order valence-electron chi connectivity index (χ2n) is 7.42. The van der Waals surface area contributed by atoms with Crippen molar-refractivity contribution in [2.24, 2.45) is 0 Å². The third-order valence-electron chi connectivity index (χ3n) is 4.93. The monoisotopic (exact) mass is 481 g/mol. The molecule has 1 N–H and O–H groups in total. The summed E-state index contributed by atoms with van der Waals surface area (Å²) in [6.45, 7) is 3.97. The molecule has 0 spiro atoms. The number of aryl methyl sites for hydroxylation is 2. The lowest BCUT2D eigenvalue weighted by Gasteiger charge is -2.14. The zero-order valence-electron chi connectivity index (χ0n) is 18.7. The van der Waals surface area contributed by atoms with Crippen LogP contribution in [-0.4, -0.2) is 35.4 Å². The quantitative estimate of drug-likeness (QED) is 0.301. The highest BCUT2D eigenvalue weighted by atomic mass is 32.2. The first-order chi connectivity index (χ1) is 15.9. The Bertz CT molecular complexity index is 1370. The number of nitrogens with zero attached hydrogens (tertiary/aromatic N) is 2. The second kappa shape index (κ2) is 9.68. The van der Waals surface area contributed by atoms with E-state index in [1.807, 2.05) is 43.5 Å². The van der Waals surface area contributed by atoms with Crippen molar-refractivity contribution in [2.75, 3.05) is 25.3 Å². The van der Waals surface area contributed by atoms with E-state index in [4.69, 9.17) is 9.47 Å². The van der Waals surface area contributed by atoms with Crippen molar-refractivity contribution in [1.29, 1.82) is 0 Å². The molecule has 2 heterocycles. The molecule has 0 aliphatic heterocycles. The summed E-state index contributed by atoms with van der Waals surface area (Å²) in [7, 11) is 3.10. The van der Waals surface area contributed by atoms with E-state index in [1.54, 1.807) is 29.9 Å². The van der Waals surface area contributed by atoms with Crippen LogP contribution in [0, 0.1) is 13.8 Å². The largest absolute Gasteiger partial charge is 0.497 e. The van der Waals surface area contributed by atoms with Gasteiger partial charge in [-0.3, -0.25) is 14.2 Å². The van der Waals surface area contributed by atoms with Crippen LogP contribution < -0.4 is 20.3 Å². The highest BCUT2D eigenvalue weighted by Gasteiger charge is 2.17. The van der Waals surface area contributed by atoms with Crippen LogP contribution in [-0.2, 0) is 4.79 Å². The Labute approximate surface area is 199 Å². The lowest BCUT2D eigenvalue weighted by Crippen LogP contribution is -2.22. The molecule has 2 aromatic heterocycles. The van der Waals surface area contributed by atoms with Gasteiger partial charge in [-0.05, 0) is 60.7 Å². The number of amides is 1. The topological polar surface area (TPSA) is 82.5 Å². The number of carbonyl (C=O) groups is 1. The van der Waals surface area contributed by atoms with Gasteiger partial charge >= 0.3 is 0 Å². The number of benzene rings is 2. The van der Waals surface area contributed by atoms with Gasteiger partial charge in [0.2, 0.25) is 5.91 Å². The van der Waals surface area contributed by atoms with Gasteiger partial charge in [0.05, 0.1) is 36.9 Å². The number of rotatable bonds is 7. The van der Waals surface area contributed by atoms with Gasteiger partial charge in [-0.1, -0.05) is 17.8 Å². The van der Waals surface area contributed by atoms with Crippen molar-refractivity contribution in [2.45, 2.75) is 19.0 Å². The summed E-state index contributed by atoms with van der Waals surface area (Å²) < 4.78 is 12.7. The first-order valence-corrected chi connectivity index (χ1v) is 12.0. The first kappa shape index (κ1) is 22.9. The Morgan fingerprint density at radius 3 is 2.55 bits per heavy atom. The van der Waals surface area contributed by atoms with Crippen LogP contribution in [0.1, 0.15) is 11.1 Å². The summed E-state index contributed by atoms with van der Waals surface area (Å²) in [5.74, 6) is 0.958. The fourth-order valence-electron chi connectivity index (χ4n) is 3.51. The number of aromatic nitrogens is 2. The molecule has 33 heavy (non-hydrogen) atoms. The number of anilines is 1. The minimum atomic E-state index is -0.241. The normalized spacial score (nSPS) is 10.9. The summed E-state index contributed by atoms with van der Waals surface area (Å²) in [6.07, 6.45) is 0. The van der Waals surface area contributed by atoms with E-state index in [0.717, 1.165) is 16.8 Å². The van der Waals surface area contributed by atoms with Crippen LogP contribution >= 0.6 is 23.1 Å². The van der Waals surface area contributed by atoms with E-state index in [2.05, 4.69) is 10.3 Å². The second-order valence-corrected chi connectivity index (χ2v) is 9.28. The zero-order chi connectivity index (χ0) is 23.5. The molecule has 0 unspecified atom stereocenters. The number of fused-ring (bicyclic) bond motifs is 1. The highest BCUT2D eigenvalue weighted by Crippen LogP contribution is 2.30. The van der Waals surface area contributed by atoms with Gasteiger partial charge in [0, 0.05) is 6.07 Å². The molecule has 0 radical (unpaired) electrons. The number of thiophene rings is 1. The van der Waals surface area contributed by atoms with Gasteiger partial charge in [-0.2, -0.15) is 0 Å². The number of thioether (sulfide) groups is 1. The highest BCUT2D eigenvalue weighted by molar-refractivity contribution is 7.99. The predicted octanol–water partition coefficient (Wildman–Crippen LogP) is 4.81. The minimum absolute atomic E-state index is 0.0715. The number of carbonyl (C=O) groups excluding carboxylic acids is 1. The van der Waals surface area contributed by atoms with Crippen LogP contribution in [0.4, 0.5) is 5.69 Å². The van der Waals surface area contributed by atoms with Crippen molar-refractivity contribution in [3.05, 3.63) is 69.3 Å². The molecule has 0 atom stereocenters. The molecule has 9 heteroatoms. The first-order valence-electron chi connectivity index (χ1n) is 10.1. The van der Waals surface area contributed by atoms with Gasteiger partial charge in [0.15, 0.2) is 5.16 Å². The van der Waals surface area contributed by atoms with Gasteiger partial charge in [-0.25, -0.2) is 4.98 Å². The molecule has 4 rings (SSSR count). The van der Waals surface area contributed by atoms with Crippen molar-refractivity contribution < 1.29 is 14.3 Å². The average Bonchev–Trinajstić information content (AvgIpc) is 3.26. The molecule has 170 valence electrons. The summed E-state index contributed by atoms with van der Waals surface area (Å²) >= 11 is 2.58. The molecular weight excluding hydrogens is 458 g/mol. The zero-order valence-corrected chi connectivity index (χ0v) is 20.3. The van der Waals surface area contributed by atoms with E-state index in [0.29, 0.717) is 32.6 Å². The molecule has 0 saturated carbocycles. The Morgan fingerprint density at radius 1 is 1.09 bits per heavy atom. The smallest absolute Gasteiger partial charge is 0.276 e. The van der Waals surface area contributed by atoms with Crippen molar-refractivity contribution in [3.63, 3.8) is 0 Å². The fourth-order valence-corrected chi connectivity index (χ4v) is 5.09. The molecule has 0 bridgehead atoms. The van der Waals surface area contributed by atoms with E-state index >= 15 is 0 Å². The SMILES string of the molecule is COc1ccc(NC(=O)CSc2nc3ccsc3c(=O)n2-c2cc(C)cc(C)c2)c(OC)c1. The fraction of sp³-hybridized carbons (Fsp3) is 0.208. The lowest BCUT2D eigenvalue weighted by atomic mass is 10.1. The molecule has 0 aliphatic carbocycles. The number of methoxy groups -OCH3 is 2. The van der Waals surface area contributed by atoms with Gasteiger partial charge in [-0.15, -0.1) is 11.3 Å². The maximum Gasteiger partial charge on any atom is 0.276 e. The summed E-state index contributed by atoms with van der Waals surface area (Å²) in [5.41, 5.74) is 3.86. The van der Waals surface area contributed by atoms with E-state index in [1.165, 1.54) is 30.2 Å². The third-order valence-corrected chi connectivity index (χ3v) is 6.76. The van der Waals surface area contributed by atoms with E-state index < -0.39 is 0 Å². The van der Waals surface area contributed by atoms with Crippen LogP contribution in [0.3, 0.4) is 0 Å². The number of hydrogen-bond donors (Lipinski definition) is 1. The molecule has 4 aromatic rings. The molecular formula is C24H23N3O4S2. The standard InChI is InChI=1S/C24H23N3O4S2/c1-14-9-15(2)11-16(10-14)27-23(29)22-19(7-8-32-22)26-24(27)33-13-21(28)25-18-6-5-17(30-3)12-20(18)31-4/h5-12H,13H2,1-4H3,(H,25,28). The Hall–Kier alpha value is -3.30. The molecule has 1 amide bonds.